The third kappa shape index (κ3) is 4.50. The summed E-state index contributed by atoms with van der Waals surface area (Å²) < 4.78 is 12.1. The van der Waals surface area contributed by atoms with Crippen molar-refractivity contribution in [2.75, 3.05) is 6.61 Å². The van der Waals surface area contributed by atoms with Crippen molar-refractivity contribution in [3.05, 3.63) is 70.3 Å². The Labute approximate surface area is 204 Å². The Kier molecular flexibility index (Phi) is 6.83. The van der Waals surface area contributed by atoms with Gasteiger partial charge < -0.3 is 35.0 Å². The Morgan fingerprint density at radius 1 is 1.06 bits per heavy atom. The first-order valence-corrected chi connectivity index (χ1v) is 11.9. The van der Waals surface area contributed by atoms with Crippen molar-refractivity contribution in [3.8, 4) is 0 Å². The van der Waals surface area contributed by atoms with Gasteiger partial charge in [0.15, 0.2) is 5.60 Å². The van der Waals surface area contributed by atoms with Crippen molar-refractivity contribution in [3.63, 3.8) is 0 Å². The second kappa shape index (κ2) is 9.28. The average Bonchev–Trinajstić information content (AvgIpc) is 3.20. The summed E-state index contributed by atoms with van der Waals surface area (Å²) in [4.78, 5) is 10.7. The fourth-order valence-corrected chi connectivity index (χ4v) is 5.05. The monoisotopic (exact) mass is 486 g/mol. The summed E-state index contributed by atoms with van der Waals surface area (Å²) >= 11 is 0. The van der Waals surface area contributed by atoms with E-state index in [0.29, 0.717) is 24.8 Å². The van der Waals surface area contributed by atoms with Crippen LogP contribution in [0.1, 0.15) is 54.5 Å². The molecule has 0 aromatic heterocycles. The molecule has 0 aliphatic carbocycles. The summed E-state index contributed by atoms with van der Waals surface area (Å²) in [6.07, 6.45) is -2.63. The molecule has 8 heteroatoms. The van der Waals surface area contributed by atoms with E-state index in [9.17, 15) is 25.2 Å². The van der Waals surface area contributed by atoms with Gasteiger partial charge in [0, 0.05) is 12.0 Å². The number of aliphatic hydroxyl groups is 4. The van der Waals surface area contributed by atoms with Gasteiger partial charge >= 0.3 is 5.97 Å². The van der Waals surface area contributed by atoms with Gasteiger partial charge in [0.2, 0.25) is 5.79 Å². The zero-order chi connectivity index (χ0) is 25.6. The predicted octanol–water partition coefficient (Wildman–Crippen LogP) is 1.80. The molecule has 5 atom stereocenters. The number of hydrogen-bond acceptors (Lipinski definition) is 7. The molecule has 2 aliphatic heterocycles. The van der Waals surface area contributed by atoms with Gasteiger partial charge in [-0.15, -0.1) is 0 Å². The molecule has 2 saturated heterocycles. The normalized spacial score (nSPS) is 30.4. The molecule has 2 heterocycles. The van der Waals surface area contributed by atoms with Crippen LogP contribution in [0, 0.1) is 6.92 Å². The molecule has 5 N–H and O–H groups in total. The number of hydrogen-bond donors (Lipinski definition) is 5. The highest BCUT2D eigenvalue weighted by molar-refractivity contribution is 5.66. The first-order valence-electron chi connectivity index (χ1n) is 11.9. The standard InChI is InChI=1S/C27H34O8/c1-16-7-12-20(14-19(16)13-18-10-8-17(9-11-18)5-4-6-21(28)29)27-24(32)22(30)23(31)26(35-27,15-34-27)25(2,3)33/h7-12,14,22-24,30-33H,4-6,13,15H2,1-3H3,(H,28,29)/t22-,23-,24+,26-,27-/m0/s1. The lowest BCUT2D eigenvalue weighted by atomic mass is 9.75. The van der Waals surface area contributed by atoms with Crippen LogP contribution < -0.4 is 0 Å². The fraction of sp³-hybridized carbons (Fsp3) is 0.519. The number of carboxylic acids is 1. The highest BCUT2D eigenvalue weighted by Gasteiger charge is 2.71. The Bertz CT molecular complexity index is 1080. The van der Waals surface area contributed by atoms with Crippen LogP contribution in [0.3, 0.4) is 0 Å². The van der Waals surface area contributed by atoms with E-state index < -0.39 is 41.3 Å². The summed E-state index contributed by atoms with van der Waals surface area (Å²) in [7, 11) is 0. The minimum Gasteiger partial charge on any atom is -0.481 e. The topological polar surface area (TPSA) is 137 Å². The van der Waals surface area contributed by atoms with E-state index in [1.165, 1.54) is 13.8 Å². The van der Waals surface area contributed by atoms with E-state index in [1.807, 2.05) is 43.3 Å². The van der Waals surface area contributed by atoms with Crippen LogP contribution >= 0.6 is 0 Å². The third-order valence-corrected chi connectivity index (χ3v) is 7.41. The van der Waals surface area contributed by atoms with E-state index in [0.717, 1.165) is 22.3 Å². The number of rotatable bonds is 8. The number of carboxylic acid groups (broad SMARTS) is 1. The number of benzene rings is 2. The van der Waals surface area contributed by atoms with Crippen molar-refractivity contribution in [2.45, 2.75) is 81.8 Å². The molecule has 0 saturated carbocycles. The predicted molar refractivity (Wildman–Crippen MR) is 127 cm³/mol. The zero-order valence-electron chi connectivity index (χ0n) is 20.3. The molecular formula is C27H34O8. The highest BCUT2D eigenvalue weighted by atomic mass is 16.8. The molecule has 4 rings (SSSR count). The molecule has 35 heavy (non-hydrogen) atoms. The van der Waals surface area contributed by atoms with Gasteiger partial charge in [0.25, 0.3) is 0 Å². The maximum atomic E-state index is 10.9. The van der Waals surface area contributed by atoms with Gasteiger partial charge in [-0.3, -0.25) is 4.79 Å². The van der Waals surface area contributed by atoms with E-state index >= 15 is 0 Å². The van der Waals surface area contributed by atoms with E-state index in [-0.39, 0.29) is 13.0 Å². The number of aliphatic hydroxyl groups excluding tert-OH is 3. The Hall–Kier alpha value is -2.33. The van der Waals surface area contributed by atoms with E-state index in [1.54, 1.807) is 6.07 Å². The maximum absolute atomic E-state index is 10.9. The first kappa shape index (κ1) is 25.8. The van der Waals surface area contributed by atoms with Crippen LogP contribution in [0.25, 0.3) is 0 Å². The molecule has 2 fully saturated rings. The molecule has 2 bridgehead atoms. The summed E-state index contributed by atoms with van der Waals surface area (Å²) in [5.41, 5.74) is 1.47. The molecular weight excluding hydrogens is 452 g/mol. The van der Waals surface area contributed by atoms with Crippen molar-refractivity contribution in [1.29, 1.82) is 0 Å². The van der Waals surface area contributed by atoms with Crippen LogP contribution in [0.2, 0.25) is 0 Å². The molecule has 2 aliphatic rings. The SMILES string of the molecule is Cc1ccc([C@]23OC[C@](C(C)(C)O)(O2)[C@@H](O)[C@H](O)[C@H]3O)cc1Cc1ccc(CCCC(=O)O)cc1. The summed E-state index contributed by atoms with van der Waals surface area (Å²) in [5, 5.41) is 51.8. The van der Waals surface area contributed by atoms with Gasteiger partial charge in [-0.1, -0.05) is 36.4 Å². The van der Waals surface area contributed by atoms with E-state index in [4.69, 9.17) is 14.6 Å². The number of aryl methyl sites for hydroxylation is 2. The summed E-state index contributed by atoms with van der Waals surface area (Å²) in [5.74, 6) is -2.52. The second-order valence-corrected chi connectivity index (χ2v) is 10.3. The van der Waals surface area contributed by atoms with Crippen molar-refractivity contribution in [2.24, 2.45) is 0 Å². The molecule has 2 aromatic carbocycles. The average molecular weight is 487 g/mol. The van der Waals surface area contributed by atoms with Crippen LogP contribution in [0.15, 0.2) is 42.5 Å². The molecule has 0 unspecified atom stereocenters. The Morgan fingerprint density at radius 2 is 1.71 bits per heavy atom. The lowest BCUT2D eigenvalue weighted by Crippen LogP contribution is -2.70. The lowest BCUT2D eigenvalue weighted by Gasteiger charge is -2.50. The largest absolute Gasteiger partial charge is 0.481 e. The maximum Gasteiger partial charge on any atom is 0.303 e. The molecule has 2 aromatic rings. The van der Waals surface area contributed by atoms with Crippen LogP contribution in [-0.4, -0.2) is 67.6 Å². The quantitative estimate of drug-likeness (QED) is 0.381. The Balaban J connectivity index is 1.59. The summed E-state index contributed by atoms with van der Waals surface area (Å²) in [6, 6.07) is 13.5. The molecule has 8 nitrogen and oxygen atoms in total. The Morgan fingerprint density at radius 3 is 2.34 bits per heavy atom. The first-order chi connectivity index (χ1) is 16.4. The van der Waals surface area contributed by atoms with Gasteiger partial charge in [0.1, 0.15) is 18.3 Å². The minimum absolute atomic E-state index is 0.145. The van der Waals surface area contributed by atoms with Crippen molar-refractivity contribution >= 4 is 5.97 Å². The van der Waals surface area contributed by atoms with Crippen LogP contribution in [0.4, 0.5) is 0 Å². The van der Waals surface area contributed by atoms with Gasteiger partial charge in [-0.2, -0.15) is 0 Å². The van der Waals surface area contributed by atoms with E-state index in [2.05, 4.69) is 0 Å². The zero-order valence-corrected chi connectivity index (χ0v) is 20.3. The van der Waals surface area contributed by atoms with Crippen LogP contribution in [0.5, 0.6) is 0 Å². The molecule has 0 spiro atoms. The summed E-state index contributed by atoms with van der Waals surface area (Å²) in [6.45, 7) is 4.74. The number of fused-ring (bicyclic) bond motifs is 2. The number of carbonyl (C=O) groups is 1. The number of aliphatic carboxylic acids is 1. The molecule has 0 amide bonds. The van der Waals surface area contributed by atoms with Gasteiger partial charge in [0.05, 0.1) is 12.2 Å². The van der Waals surface area contributed by atoms with Crippen molar-refractivity contribution < 1.29 is 39.8 Å². The highest BCUT2D eigenvalue weighted by Crippen LogP contribution is 2.53. The third-order valence-electron chi connectivity index (χ3n) is 7.41. The second-order valence-electron chi connectivity index (χ2n) is 10.3. The minimum atomic E-state index is -1.73. The molecule has 190 valence electrons. The smallest absolute Gasteiger partial charge is 0.303 e. The van der Waals surface area contributed by atoms with Gasteiger partial charge in [-0.05, 0) is 68.4 Å². The van der Waals surface area contributed by atoms with Crippen LogP contribution in [-0.2, 0) is 32.9 Å². The van der Waals surface area contributed by atoms with Gasteiger partial charge in [-0.25, -0.2) is 0 Å². The molecule has 0 radical (unpaired) electrons. The lowest BCUT2D eigenvalue weighted by molar-refractivity contribution is -0.348. The van der Waals surface area contributed by atoms with Crippen molar-refractivity contribution in [1.82, 2.24) is 0 Å². The number of ether oxygens (including phenoxy) is 2. The fourth-order valence-electron chi connectivity index (χ4n) is 5.05.